The zero-order chi connectivity index (χ0) is 14.6. The smallest absolute Gasteiger partial charge is 0.324 e. The summed E-state index contributed by atoms with van der Waals surface area (Å²) in [5.41, 5.74) is 0.281. The van der Waals surface area contributed by atoms with Gasteiger partial charge in [0, 0.05) is 12.7 Å². The minimum atomic E-state index is -0.724. The van der Waals surface area contributed by atoms with Crippen molar-refractivity contribution >= 4 is 5.97 Å². The monoisotopic (exact) mass is 279 g/mol. The third-order valence-corrected chi connectivity index (χ3v) is 4.37. The SMILES string of the molecule is CCCNC1(C(=O)O)CCCC1CCn1ccc(C)n1. The minimum absolute atomic E-state index is 0.191. The normalized spacial score (nSPS) is 26.0. The molecule has 2 unspecified atom stereocenters. The van der Waals surface area contributed by atoms with Crippen LogP contribution < -0.4 is 5.32 Å². The maximum Gasteiger partial charge on any atom is 0.324 e. The second-order valence-electron chi connectivity index (χ2n) is 5.80. The Labute approximate surface area is 120 Å². The summed E-state index contributed by atoms with van der Waals surface area (Å²) in [5, 5.41) is 17.4. The number of carboxylic acids is 1. The van der Waals surface area contributed by atoms with E-state index < -0.39 is 11.5 Å². The van der Waals surface area contributed by atoms with Crippen molar-refractivity contribution in [3.8, 4) is 0 Å². The Balaban J connectivity index is 2.02. The summed E-state index contributed by atoms with van der Waals surface area (Å²) in [6.07, 6.45) is 6.51. The van der Waals surface area contributed by atoms with Crippen molar-refractivity contribution < 1.29 is 9.90 Å². The molecule has 112 valence electrons. The van der Waals surface area contributed by atoms with E-state index in [0.29, 0.717) is 0 Å². The van der Waals surface area contributed by atoms with Crippen molar-refractivity contribution in [1.29, 1.82) is 0 Å². The molecular weight excluding hydrogens is 254 g/mol. The van der Waals surface area contributed by atoms with Crippen LogP contribution in [0.1, 0.15) is 44.7 Å². The summed E-state index contributed by atoms with van der Waals surface area (Å²) in [6, 6.07) is 1.98. The molecule has 0 bridgehead atoms. The van der Waals surface area contributed by atoms with Crippen LogP contribution in [0.4, 0.5) is 0 Å². The molecule has 0 spiro atoms. The highest BCUT2D eigenvalue weighted by molar-refractivity contribution is 5.79. The fraction of sp³-hybridized carbons (Fsp3) is 0.733. The van der Waals surface area contributed by atoms with Gasteiger partial charge >= 0.3 is 5.97 Å². The molecule has 1 aliphatic rings. The van der Waals surface area contributed by atoms with Gasteiger partial charge in [0.2, 0.25) is 0 Å². The van der Waals surface area contributed by atoms with Crippen LogP contribution >= 0.6 is 0 Å². The van der Waals surface area contributed by atoms with E-state index >= 15 is 0 Å². The Kier molecular flexibility index (Phi) is 4.81. The zero-order valence-corrected chi connectivity index (χ0v) is 12.4. The maximum atomic E-state index is 11.8. The number of hydrogen-bond acceptors (Lipinski definition) is 3. The van der Waals surface area contributed by atoms with Crippen LogP contribution in [-0.2, 0) is 11.3 Å². The van der Waals surface area contributed by atoms with Crippen molar-refractivity contribution in [2.75, 3.05) is 6.54 Å². The third-order valence-electron chi connectivity index (χ3n) is 4.37. The lowest BCUT2D eigenvalue weighted by atomic mass is 9.84. The van der Waals surface area contributed by atoms with E-state index in [1.165, 1.54) is 0 Å². The fourth-order valence-electron chi connectivity index (χ4n) is 3.28. The van der Waals surface area contributed by atoms with Gasteiger partial charge in [0.25, 0.3) is 0 Å². The highest BCUT2D eigenvalue weighted by atomic mass is 16.4. The Bertz CT molecular complexity index is 458. The van der Waals surface area contributed by atoms with Gasteiger partial charge in [-0.2, -0.15) is 5.10 Å². The number of rotatable bonds is 7. The molecule has 20 heavy (non-hydrogen) atoms. The van der Waals surface area contributed by atoms with E-state index in [0.717, 1.165) is 50.9 Å². The van der Waals surface area contributed by atoms with Gasteiger partial charge in [-0.15, -0.1) is 0 Å². The highest BCUT2D eigenvalue weighted by Gasteiger charge is 2.48. The van der Waals surface area contributed by atoms with Crippen LogP contribution in [0.25, 0.3) is 0 Å². The second-order valence-corrected chi connectivity index (χ2v) is 5.80. The quantitative estimate of drug-likeness (QED) is 0.803. The summed E-state index contributed by atoms with van der Waals surface area (Å²) in [5.74, 6) is -0.499. The summed E-state index contributed by atoms with van der Waals surface area (Å²) in [6.45, 7) is 5.60. The number of aromatic nitrogens is 2. The Hall–Kier alpha value is -1.36. The Morgan fingerprint density at radius 2 is 2.45 bits per heavy atom. The van der Waals surface area contributed by atoms with Gasteiger partial charge in [0.1, 0.15) is 5.54 Å². The molecule has 2 N–H and O–H groups in total. The number of carboxylic acid groups (broad SMARTS) is 1. The number of aliphatic carboxylic acids is 1. The number of nitrogens with one attached hydrogen (secondary N) is 1. The molecule has 0 aromatic carbocycles. The largest absolute Gasteiger partial charge is 0.480 e. The second kappa shape index (κ2) is 6.39. The average Bonchev–Trinajstić information content (AvgIpc) is 3.01. The molecule has 1 aromatic heterocycles. The summed E-state index contributed by atoms with van der Waals surface area (Å²) < 4.78 is 1.92. The van der Waals surface area contributed by atoms with Crippen molar-refractivity contribution in [2.45, 2.75) is 58.0 Å². The molecule has 1 saturated carbocycles. The molecule has 1 fully saturated rings. The Morgan fingerprint density at radius 1 is 1.65 bits per heavy atom. The van der Waals surface area contributed by atoms with Crippen molar-refractivity contribution in [3.05, 3.63) is 18.0 Å². The maximum absolute atomic E-state index is 11.8. The summed E-state index contributed by atoms with van der Waals surface area (Å²) in [7, 11) is 0. The van der Waals surface area contributed by atoms with Crippen molar-refractivity contribution in [1.82, 2.24) is 15.1 Å². The van der Waals surface area contributed by atoms with Gasteiger partial charge in [0.05, 0.1) is 5.69 Å². The van der Waals surface area contributed by atoms with Crippen LogP contribution in [0.5, 0.6) is 0 Å². The lowest BCUT2D eigenvalue weighted by molar-refractivity contribution is -0.146. The van der Waals surface area contributed by atoms with Gasteiger partial charge in [-0.3, -0.25) is 9.48 Å². The average molecular weight is 279 g/mol. The molecule has 1 heterocycles. The first kappa shape index (κ1) is 15.0. The molecule has 2 rings (SSSR count). The van der Waals surface area contributed by atoms with E-state index in [1.807, 2.05) is 23.9 Å². The number of carbonyl (C=O) groups is 1. The predicted molar refractivity (Wildman–Crippen MR) is 77.6 cm³/mol. The molecule has 2 atom stereocenters. The van der Waals surface area contributed by atoms with Gasteiger partial charge in [-0.25, -0.2) is 0 Å². The summed E-state index contributed by atoms with van der Waals surface area (Å²) >= 11 is 0. The molecule has 1 aliphatic carbocycles. The van der Waals surface area contributed by atoms with Crippen molar-refractivity contribution in [2.24, 2.45) is 5.92 Å². The van der Waals surface area contributed by atoms with E-state index in [-0.39, 0.29) is 5.92 Å². The van der Waals surface area contributed by atoms with Gasteiger partial charge in [-0.1, -0.05) is 13.3 Å². The number of hydrogen-bond donors (Lipinski definition) is 2. The third kappa shape index (κ3) is 3.03. The number of nitrogens with zero attached hydrogens (tertiary/aromatic N) is 2. The first-order valence-electron chi connectivity index (χ1n) is 7.57. The van der Waals surface area contributed by atoms with E-state index in [4.69, 9.17) is 0 Å². The van der Waals surface area contributed by atoms with E-state index in [1.54, 1.807) is 0 Å². The molecule has 0 amide bonds. The zero-order valence-electron chi connectivity index (χ0n) is 12.4. The van der Waals surface area contributed by atoms with Gasteiger partial charge in [-0.05, 0) is 51.1 Å². The molecule has 0 aliphatic heterocycles. The molecular formula is C15H25N3O2. The van der Waals surface area contributed by atoms with Crippen LogP contribution in [0.2, 0.25) is 0 Å². The minimum Gasteiger partial charge on any atom is -0.480 e. The lowest BCUT2D eigenvalue weighted by Crippen LogP contribution is -2.55. The first-order chi connectivity index (χ1) is 9.58. The standard InChI is InChI=1S/C15H25N3O2/c1-3-9-16-15(14(19)20)8-4-5-13(15)7-11-18-10-6-12(2)17-18/h6,10,13,16H,3-5,7-9,11H2,1-2H3,(H,19,20). The first-order valence-corrected chi connectivity index (χ1v) is 7.57. The Morgan fingerprint density at radius 3 is 3.05 bits per heavy atom. The topological polar surface area (TPSA) is 67.2 Å². The lowest BCUT2D eigenvalue weighted by Gasteiger charge is -2.32. The molecule has 5 nitrogen and oxygen atoms in total. The van der Waals surface area contributed by atoms with Crippen LogP contribution in [0.15, 0.2) is 12.3 Å². The van der Waals surface area contributed by atoms with Crippen molar-refractivity contribution in [3.63, 3.8) is 0 Å². The van der Waals surface area contributed by atoms with Gasteiger partial charge < -0.3 is 10.4 Å². The highest BCUT2D eigenvalue weighted by Crippen LogP contribution is 2.38. The van der Waals surface area contributed by atoms with E-state index in [2.05, 4.69) is 17.3 Å². The fourth-order valence-corrected chi connectivity index (χ4v) is 3.28. The van der Waals surface area contributed by atoms with E-state index in [9.17, 15) is 9.90 Å². The molecule has 1 aromatic rings. The van der Waals surface area contributed by atoms with Crippen LogP contribution in [-0.4, -0.2) is 32.9 Å². The van der Waals surface area contributed by atoms with Gasteiger partial charge in [0.15, 0.2) is 0 Å². The molecule has 0 radical (unpaired) electrons. The predicted octanol–water partition coefficient (Wildman–Crippen LogP) is 2.20. The van der Waals surface area contributed by atoms with Crippen LogP contribution in [0, 0.1) is 12.8 Å². The molecule has 0 saturated heterocycles. The molecule has 5 heteroatoms. The summed E-state index contributed by atoms with van der Waals surface area (Å²) in [4.78, 5) is 11.8. The number of aryl methyl sites for hydroxylation is 2. The van der Waals surface area contributed by atoms with Crippen LogP contribution in [0.3, 0.4) is 0 Å².